The van der Waals surface area contributed by atoms with Crippen molar-refractivity contribution in [3.05, 3.63) is 35.4 Å². The van der Waals surface area contributed by atoms with Gasteiger partial charge in [0, 0.05) is 12.6 Å². The van der Waals surface area contributed by atoms with Crippen LogP contribution in [0.5, 0.6) is 0 Å². The number of aryl methyl sites for hydroxylation is 1. The van der Waals surface area contributed by atoms with Crippen LogP contribution in [0.4, 0.5) is 0 Å². The Morgan fingerprint density at radius 1 is 1.24 bits per heavy atom. The predicted molar refractivity (Wildman–Crippen MR) is 91.5 cm³/mol. The van der Waals surface area contributed by atoms with Gasteiger partial charge in [-0.3, -0.25) is 24.6 Å². The number of esters is 1. The average Bonchev–Trinajstić information content (AvgIpc) is 3.03. The molecule has 2 aliphatic heterocycles. The summed E-state index contributed by atoms with van der Waals surface area (Å²) in [6.45, 7) is 7.67. The molecule has 0 radical (unpaired) electrons. The fourth-order valence-electron chi connectivity index (χ4n) is 4.18. The molecule has 134 valence electrons. The van der Waals surface area contributed by atoms with Gasteiger partial charge in [0.2, 0.25) is 11.8 Å². The van der Waals surface area contributed by atoms with Crippen LogP contribution in [0.15, 0.2) is 24.3 Å². The molecule has 6 nitrogen and oxygen atoms in total. The molecule has 3 rings (SSSR count). The molecule has 1 aromatic carbocycles. The Morgan fingerprint density at radius 3 is 2.52 bits per heavy atom. The number of likely N-dealkylation sites (tertiary alicyclic amines) is 1. The number of amides is 2. The lowest BCUT2D eigenvalue weighted by atomic mass is 9.80. The van der Waals surface area contributed by atoms with Crippen molar-refractivity contribution in [3.63, 3.8) is 0 Å². The molecule has 2 saturated heterocycles. The SMILES string of the molecule is CCOC(=O)[C@]1(C)N[C@H](c2ccccc2C)[C@@H]2C(=O)N(CC)C(=O)[C@@H]21. The van der Waals surface area contributed by atoms with Crippen molar-refractivity contribution in [1.82, 2.24) is 10.2 Å². The van der Waals surface area contributed by atoms with Gasteiger partial charge in [0.15, 0.2) is 0 Å². The molecule has 2 fully saturated rings. The third-order valence-corrected chi connectivity index (χ3v) is 5.42. The number of hydrogen-bond donors (Lipinski definition) is 1. The number of fused-ring (bicyclic) bond motifs is 1. The van der Waals surface area contributed by atoms with Crippen molar-refractivity contribution in [3.8, 4) is 0 Å². The molecule has 4 atom stereocenters. The van der Waals surface area contributed by atoms with Gasteiger partial charge in [0.1, 0.15) is 5.54 Å². The molecule has 2 aliphatic rings. The Kier molecular flexibility index (Phi) is 4.41. The molecule has 2 amide bonds. The molecule has 25 heavy (non-hydrogen) atoms. The number of rotatable bonds is 4. The van der Waals surface area contributed by atoms with E-state index in [9.17, 15) is 14.4 Å². The fraction of sp³-hybridized carbons (Fsp3) is 0.526. The third kappa shape index (κ3) is 2.47. The van der Waals surface area contributed by atoms with E-state index in [1.807, 2.05) is 31.2 Å². The summed E-state index contributed by atoms with van der Waals surface area (Å²) >= 11 is 0. The summed E-state index contributed by atoms with van der Waals surface area (Å²) in [5.74, 6) is -2.34. The monoisotopic (exact) mass is 344 g/mol. The first-order chi connectivity index (χ1) is 11.9. The van der Waals surface area contributed by atoms with Gasteiger partial charge >= 0.3 is 5.97 Å². The van der Waals surface area contributed by atoms with Gasteiger partial charge in [-0.15, -0.1) is 0 Å². The maximum atomic E-state index is 12.9. The fourth-order valence-corrected chi connectivity index (χ4v) is 4.18. The first-order valence-electron chi connectivity index (χ1n) is 8.72. The van der Waals surface area contributed by atoms with E-state index >= 15 is 0 Å². The van der Waals surface area contributed by atoms with Crippen molar-refractivity contribution < 1.29 is 19.1 Å². The molecule has 0 aromatic heterocycles. The highest BCUT2D eigenvalue weighted by Gasteiger charge is 2.66. The lowest BCUT2D eigenvalue weighted by Crippen LogP contribution is -2.54. The molecular weight excluding hydrogens is 320 g/mol. The van der Waals surface area contributed by atoms with E-state index in [2.05, 4.69) is 5.32 Å². The van der Waals surface area contributed by atoms with Gasteiger partial charge in [-0.25, -0.2) is 0 Å². The Morgan fingerprint density at radius 2 is 1.92 bits per heavy atom. The zero-order valence-corrected chi connectivity index (χ0v) is 15.0. The number of hydrogen-bond acceptors (Lipinski definition) is 5. The van der Waals surface area contributed by atoms with E-state index in [0.717, 1.165) is 11.1 Å². The van der Waals surface area contributed by atoms with Crippen molar-refractivity contribution in [1.29, 1.82) is 0 Å². The summed E-state index contributed by atoms with van der Waals surface area (Å²) in [5, 5.41) is 3.27. The molecule has 1 aromatic rings. The Labute approximate surface area is 147 Å². The van der Waals surface area contributed by atoms with Crippen molar-refractivity contribution in [2.75, 3.05) is 13.2 Å². The zero-order chi connectivity index (χ0) is 18.4. The highest BCUT2D eigenvalue weighted by molar-refractivity contribution is 6.09. The summed E-state index contributed by atoms with van der Waals surface area (Å²) in [5.41, 5.74) is 0.733. The lowest BCUT2D eigenvalue weighted by molar-refractivity contribution is -0.155. The van der Waals surface area contributed by atoms with Gasteiger partial charge in [-0.2, -0.15) is 0 Å². The van der Waals surface area contributed by atoms with E-state index in [4.69, 9.17) is 4.74 Å². The number of nitrogens with one attached hydrogen (secondary N) is 1. The summed E-state index contributed by atoms with van der Waals surface area (Å²) in [6.07, 6.45) is 0. The number of nitrogens with zero attached hydrogens (tertiary/aromatic N) is 1. The van der Waals surface area contributed by atoms with Crippen LogP contribution in [-0.2, 0) is 19.1 Å². The van der Waals surface area contributed by atoms with Crippen molar-refractivity contribution in [2.45, 2.75) is 39.3 Å². The molecule has 0 saturated carbocycles. The van der Waals surface area contributed by atoms with Crippen LogP contribution in [0, 0.1) is 18.8 Å². The highest BCUT2D eigenvalue weighted by atomic mass is 16.5. The summed E-state index contributed by atoms with van der Waals surface area (Å²) in [6, 6.07) is 7.33. The number of ether oxygens (including phenoxy) is 1. The molecule has 6 heteroatoms. The minimum Gasteiger partial charge on any atom is -0.465 e. The van der Waals surface area contributed by atoms with Crippen molar-refractivity contribution >= 4 is 17.8 Å². The van der Waals surface area contributed by atoms with Crippen LogP contribution in [0.3, 0.4) is 0 Å². The Bertz CT molecular complexity index is 732. The molecular formula is C19H24N2O4. The van der Waals surface area contributed by atoms with Gasteiger partial charge in [-0.1, -0.05) is 24.3 Å². The predicted octanol–water partition coefficient (Wildman–Crippen LogP) is 1.58. The van der Waals surface area contributed by atoms with Crippen LogP contribution < -0.4 is 5.32 Å². The second kappa shape index (κ2) is 6.26. The number of carbonyl (C=O) groups is 3. The molecule has 1 N–H and O–H groups in total. The average molecular weight is 344 g/mol. The summed E-state index contributed by atoms with van der Waals surface area (Å²) in [7, 11) is 0. The zero-order valence-electron chi connectivity index (χ0n) is 15.0. The van der Waals surface area contributed by atoms with Crippen LogP contribution in [-0.4, -0.2) is 41.4 Å². The molecule has 0 spiro atoms. The summed E-state index contributed by atoms with van der Waals surface area (Å²) in [4.78, 5) is 39.7. The quantitative estimate of drug-likeness (QED) is 0.663. The normalized spacial score (nSPS) is 31.4. The second-order valence-corrected chi connectivity index (χ2v) is 6.83. The van der Waals surface area contributed by atoms with E-state index in [1.165, 1.54) is 4.90 Å². The van der Waals surface area contributed by atoms with Gasteiger partial charge in [-0.05, 0) is 38.8 Å². The van der Waals surface area contributed by atoms with Gasteiger partial charge in [0.05, 0.1) is 18.4 Å². The third-order valence-electron chi connectivity index (χ3n) is 5.42. The van der Waals surface area contributed by atoms with Crippen LogP contribution in [0.25, 0.3) is 0 Å². The maximum absolute atomic E-state index is 12.9. The number of benzene rings is 1. The summed E-state index contributed by atoms with van der Waals surface area (Å²) < 4.78 is 5.22. The molecule has 0 bridgehead atoms. The minimum atomic E-state index is -1.22. The second-order valence-electron chi connectivity index (χ2n) is 6.83. The van der Waals surface area contributed by atoms with Gasteiger partial charge in [0.25, 0.3) is 0 Å². The standard InChI is InChI=1S/C19H24N2O4/c1-5-21-16(22)13-14(17(21)23)19(4,18(24)25-6-2)20-15(13)12-10-8-7-9-11(12)3/h7-10,13-15,20H,5-6H2,1-4H3/t13-,14-,15-,19-/m1/s1. The maximum Gasteiger partial charge on any atom is 0.326 e. The Balaban J connectivity index is 2.11. The Hall–Kier alpha value is -2.21. The molecule has 2 heterocycles. The van der Waals surface area contributed by atoms with E-state index in [-0.39, 0.29) is 18.4 Å². The van der Waals surface area contributed by atoms with E-state index < -0.39 is 29.4 Å². The minimum absolute atomic E-state index is 0.216. The number of carbonyl (C=O) groups excluding carboxylic acids is 3. The van der Waals surface area contributed by atoms with Crippen LogP contribution >= 0.6 is 0 Å². The van der Waals surface area contributed by atoms with E-state index in [1.54, 1.807) is 20.8 Å². The molecule has 0 unspecified atom stereocenters. The lowest BCUT2D eigenvalue weighted by Gasteiger charge is -2.29. The van der Waals surface area contributed by atoms with Gasteiger partial charge < -0.3 is 4.74 Å². The first kappa shape index (κ1) is 17.6. The van der Waals surface area contributed by atoms with E-state index in [0.29, 0.717) is 6.54 Å². The largest absolute Gasteiger partial charge is 0.465 e. The molecule has 0 aliphatic carbocycles. The highest BCUT2D eigenvalue weighted by Crippen LogP contribution is 2.49. The number of imide groups is 1. The first-order valence-corrected chi connectivity index (χ1v) is 8.72. The van der Waals surface area contributed by atoms with Crippen LogP contribution in [0.1, 0.15) is 37.9 Å². The topological polar surface area (TPSA) is 75.7 Å². The van der Waals surface area contributed by atoms with Crippen LogP contribution in [0.2, 0.25) is 0 Å². The van der Waals surface area contributed by atoms with Crippen molar-refractivity contribution in [2.24, 2.45) is 11.8 Å². The smallest absolute Gasteiger partial charge is 0.326 e.